The standard InChI is InChI=1S/C13H28N2O/c1-10(13(2,3)4)15(6)7-11-8-16-9-12(11)14-5/h10-12,14H,7-9H2,1-6H3. The van der Waals surface area contributed by atoms with E-state index in [1.165, 1.54) is 0 Å². The van der Waals surface area contributed by atoms with Crippen molar-refractivity contribution in [1.29, 1.82) is 0 Å². The Morgan fingerprint density at radius 1 is 1.38 bits per heavy atom. The number of hydrogen-bond donors (Lipinski definition) is 1. The fourth-order valence-corrected chi connectivity index (χ4v) is 2.29. The largest absolute Gasteiger partial charge is 0.379 e. The lowest BCUT2D eigenvalue weighted by atomic mass is 9.86. The van der Waals surface area contributed by atoms with Crippen LogP contribution in [0.1, 0.15) is 27.7 Å². The van der Waals surface area contributed by atoms with Crippen LogP contribution in [0.3, 0.4) is 0 Å². The first-order chi connectivity index (χ1) is 7.36. The average Bonchev–Trinajstić information content (AvgIpc) is 2.62. The summed E-state index contributed by atoms with van der Waals surface area (Å²) < 4.78 is 5.54. The molecule has 0 aliphatic carbocycles. The van der Waals surface area contributed by atoms with E-state index in [9.17, 15) is 0 Å². The summed E-state index contributed by atoms with van der Waals surface area (Å²) in [6.07, 6.45) is 0. The summed E-state index contributed by atoms with van der Waals surface area (Å²) in [4.78, 5) is 2.46. The second kappa shape index (κ2) is 5.48. The minimum atomic E-state index is 0.337. The lowest BCUT2D eigenvalue weighted by Crippen LogP contribution is -2.45. The van der Waals surface area contributed by atoms with Gasteiger partial charge in [-0.1, -0.05) is 20.8 Å². The third-order valence-corrected chi connectivity index (χ3v) is 4.01. The molecular formula is C13H28N2O. The zero-order valence-electron chi connectivity index (χ0n) is 11.7. The molecular weight excluding hydrogens is 200 g/mol. The van der Waals surface area contributed by atoms with Gasteiger partial charge in [-0.3, -0.25) is 0 Å². The molecule has 0 amide bonds. The van der Waals surface area contributed by atoms with Crippen LogP contribution in [0, 0.1) is 11.3 Å². The molecule has 96 valence electrons. The van der Waals surface area contributed by atoms with E-state index in [2.05, 4.69) is 45.0 Å². The smallest absolute Gasteiger partial charge is 0.0623 e. The van der Waals surface area contributed by atoms with Crippen molar-refractivity contribution in [3.63, 3.8) is 0 Å². The summed E-state index contributed by atoms with van der Waals surface area (Å²) in [5.74, 6) is 0.625. The fourth-order valence-electron chi connectivity index (χ4n) is 2.29. The van der Waals surface area contributed by atoms with Crippen LogP contribution in [0.25, 0.3) is 0 Å². The van der Waals surface area contributed by atoms with E-state index >= 15 is 0 Å². The minimum absolute atomic E-state index is 0.337. The quantitative estimate of drug-likeness (QED) is 0.791. The van der Waals surface area contributed by atoms with E-state index in [0.717, 1.165) is 19.8 Å². The molecule has 0 saturated carbocycles. The molecule has 0 spiro atoms. The van der Waals surface area contributed by atoms with Gasteiger partial charge in [0, 0.05) is 24.5 Å². The van der Waals surface area contributed by atoms with Gasteiger partial charge in [-0.05, 0) is 26.4 Å². The number of likely N-dealkylation sites (N-methyl/N-ethyl adjacent to an activating group) is 1. The number of hydrogen-bond acceptors (Lipinski definition) is 3. The molecule has 1 aliphatic rings. The van der Waals surface area contributed by atoms with Gasteiger partial charge in [0.25, 0.3) is 0 Å². The number of ether oxygens (including phenoxy) is 1. The van der Waals surface area contributed by atoms with Crippen LogP contribution in [-0.2, 0) is 4.74 Å². The summed E-state index contributed by atoms with van der Waals surface area (Å²) >= 11 is 0. The molecule has 0 bridgehead atoms. The summed E-state index contributed by atoms with van der Waals surface area (Å²) in [6, 6.07) is 1.11. The molecule has 3 unspecified atom stereocenters. The fraction of sp³-hybridized carbons (Fsp3) is 1.00. The van der Waals surface area contributed by atoms with E-state index in [1.807, 2.05) is 7.05 Å². The van der Waals surface area contributed by atoms with Crippen molar-refractivity contribution in [3.05, 3.63) is 0 Å². The maximum atomic E-state index is 5.54. The van der Waals surface area contributed by atoms with Crippen molar-refractivity contribution in [2.24, 2.45) is 11.3 Å². The van der Waals surface area contributed by atoms with Gasteiger partial charge < -0.3 is 15.0 Å². The molecule has 16 heavy (non-hydrogen) atoms. The van der Waals surface area contributed by atoms with Crippen molar-refractivity contribution in [3.8, 4) is 0 Å². The monoisotopic (exact) mass is 228 g/mol. The molecule has 1 saturated heterocycles. The van der Waals surface area contributed by atoms with Gasteiger partial charge in [-0.2, -0.15) is 0 Å². The summed E-state index contributed by atoms with van der Waals surface area (Å²) in [6.45, 7) is 12.1. The normalized spacial score (nSPS) is 28.7. The van der Waals surface area contributed by atoms with Gasteiger partial charge in [0.2, 0.25) is 0 Å². The maximum Gasteiger partial charge on any atom is 0.0623 e. The molecule has 1 aliphatic heterocycles. The first-order valence-electron chi connectivity index (χ1n) is 6.31. The van der Waals surface area contributed by atoms with Crippen LogP contribution >= 0.6 is 0 Å². The highest BCUT2D eigenvalue weighted by Gasteiger charge is 2.31. The van der Waals surface area contributed by atoms with Crippen molar-refractivity contribution < 1.29 is 4.74 Å². The maximum absolute atomic E-state index is 5.54. The predicted molar refractivity (Wildman–Crippen MR) is 68.7 cm³/mol. The SMILES string of the molecule is CNC1COCC1CN(C)C(C)C(C)(C)C. The average molecular weight is 228 g/mol. The van der Waals surface area contributed by atoms with Crippen LogP contribution < -0.4 is 5.32 Å². The highest BCUT2D eigenvalue weighted by Crippen LogP contribution is 2.25. The van der Waals surface area contributed by atoms with E-state index in [0.29, 0.717) is 23.4 Å². The van der Waals surface area contributed by atoms with Gasteiger partial charge in [-0.15, -0.1) is 0 Å². The molecule has 0 aromatic carbocycles. The lowest BCUT2D eigenvalue weighted by Gasteiger charge is -2.37. The topological polar surface area (TPSA) is 24.5 Å². The molecule has 0 radical (unpaired) electrons. The third kappa shape index (κ3) is 3.44. The first kappa shape index (κ1) is 13.9. The molecule has 1 fully saturated rings. The van der Waals surface area contributed by atoms with Crippen molar-refractivity contribution in [2.75, 3.05) is 33.9 Å². The Bertz CT molecular complexity index is 212. The zero-order valence-corrected chi connectivity index (χ0v) is 11.7. The van der Waals surface area contributed by atoms with Gasteiger partial charge >= 0.3 is 0 Å². The Hall–Kier alpha value is -0.120. The Labute approximate surface area is 101 Å². The van der Waals surface area contributed by atoms with Gasteiger partial charge in [0.1, 0.15) is 0 Å². The minimum Gasteiger partial charge on any atom is -0.379 e. The van der Waals surface area contributed by atoms with Crippen LogP contribution in [0.5, 0.6) is 0 Å². The molecule has 0 aromatic heterocycles. The summed E-state index contributed by atoms with van der Waals surface area (Å²) in [5, 5.41) is 3.35. The van der Waals surface area contributed by atoms with E-state index in [4.69, 9.17) is 4.74 Å². The second-order valence-corrected chi connectivity index (χ2v) is 6.17. The van der Waals surface area contributed by atoms with Crippen LogP contribution in [0.4, 0.5) is 0 Å². The van der Waals surface area contributed by atoms with Crippen LogP contribution in [0.15, 0.2) is 0 Å². The zero-order chi connectivity index (χ0) is 12.3. The molecule has 1 heterocycles. The van der Waals surface area contributed by atoms with E-state index < -0.39 is 0 Å². The molecule has 3 atom stereocenters. The molecule has 0 aromatic rings. The van der Waals surface area contributed by atoms with Crippen molar-refractivity contribution in [2.45, 2.75) is 39.8 Å². The van der Waals surface area contributed by atoms with Crippen molar-refractivity contribution >= 4 is 0 Å². The number of nitrogens with zero attached hydrogens (tertiary/aromatic N) is 1. The molecule has 1 N–H and O–H groups in total. The molecule has 3 heteroatoms. The highest BCUT2D eigenvalue weighted by atomic mass is 16.5. The van der Waals surface area contributed by atoms with E-state index in [-0.39, 0.29) is 0 Å². The Morgan fingerprint density at radius 2 is 2.00 bits per heavy atom. The third-order valence-electron chi connectivity index (χ3n) is 4.01. The second-order valence-electron chi connectivity index (χ2n) is 6.17. The van der Waals surface area contributed by atoms with E-state index in [1.54, 1.807) is 0 Å². The number of rotatable bonds is 4. The molecule has 1 rings (SSSR count). The van der Waals surface area contributed by atoms with Gasteiger partial charge in [-0.25, -0.2) is 0 Å². The predicted octanol–water partition coefficient (Wildman–Crippen LogP) is 1.59. The Balaban J connectivity index is 2.47. The van der Waals surface area contributed by atoms with Crippen molar-refractivity contribution in [1.82, 2.24) is 10.2 Å². The first-order valence-corrected chi connectivity index (χ1v) is 6.31. The number of nitrogens with one attached hydrogen (secondary N) is 1. The van der Waals surface area contributed by atoms with Crippen LogP contribution in [0.2, 0.25) is 0 Å². The van der Waals surface area contributed by atoms with Gasteiger partial charge in [0.15, 0.2) is 0 Å². The van der Waals surface area contributed by atoms with Gasteiger partial charge in [0.05, 0.1) is 13.2 Å². The van der Waals surface area contributed by atoms with Crippen LogP contribution in [-0.4, -0.2) is 50.8 Å². The Kier molecular flexibility index (Phi) is 4.77. The Morgan fingerprint density at radius 3 is 2.50 bits per heavy atom. The summed E-state index contributed by atoms with van der Waals surface area (Å²) in [5.41, 5.74) is 0.337. The lowest BCUT2D eigenvalue weighted by molar-refractivity contribution is 0.112. The summed E-state index contributed by atoms with van der Waals surface area (Å²) in [7, 11) is 4.25. The molecule has 3 nitrogen and oxygen atoms in total. The highest BCUT2D eigenvalue weighted by molar-refractivity contribution is 4.85.